The van der Waals surface area contributed by atoms with Crippen LogP contribution in [0.5, 0.6) is 0 Å². The molecule has 0 radical (unpaired) electrons. The van der Waals surface area contributed by atoms with Crippen molar-refractivity contribution in [3.05, 3.63) is 20.8 Å². The predicted octanol–water partition coefficient (Wildman–Crippen LogP) is -1.19. The molecule has 21 heavy (non-hydrogen) atoms. The molecule has 0 atom stereocenters. The Kier molecular flexibility index (Phi) is 3.90. The van der Waals surface area contributed by atoms with Crippen LogP contribution in [0.25, 0.3) is 11.2 Å². The average molecular weight is 315 g/mol. The molecule has 0 fully saturated rings. The first-order valence-electron chi connectivity index (χ1n) is 6.37. The summed E-state index contributed by atoms with van der Waals surface area (Å²) in [5.74, 6) is 0.302. The lowest BCUT2D eigenvalue weighted by Gasteiger charge is -2.02. The minimum absolute atomic E-state index is 0.0303. The molecule has 0 amide bonds. The van der Waals surface area contributed by atoms with Gasteiger partial charge in [-0.1, -0.05) is 6.92 Å². The van der Waals surface area contributed by atoms with Gasteiger partial charge in [0.1, 0.15) is 0 Å². The molecule has 0 aliphatic heterocycles. The SMILES string of the molecule is CCS(=O)(=O)CCNc1nc2c([nH]1)c(=O)n(C)c(=O)n2C. The van der Waals surface area contributed by atoms with Crippen molar-refractivity contribution in [1.82, 2.24) is 19.1 Å². The Morgan fingerprint density at radius 2 is 1.90 bits per heavy atom. The second-order valence-electron chi connectivity index (χ2n) is 4.65. The van der Waals surface area contributed by atoms with E-state index in [0.29, 0.717) is 0 Å². The Bertz CT molecular complexity index is 890. The van der Waals surface area contributed by atoms with E-state index in [4.69, 9.17) is 0 Å². The zero-order valence-electron chi connectivity index (χ0n) is 12.0. The third kappa shape index (κ3) is 2.84. The second kappa shape index (κ2) is 5.35. The molecule has 0 saturated heterocycles. The number of aryl methyl sites for hydroxylation is 1. The Morgan fingerprint density at radius 1 is 1.24 bits per heavy atom. The van der Waals surface area contributed by atoms with Gasteiger partial charge in [-0.15, -0.1) is 0 Å². The summed E-state index contributed by atoms with van der Waals surface area (Å²) < 4.78 is 25.0. The van der Waals surface area contributed by atoms with Crippen LogP contribution in [-0.2, 0) is 23.9 Å². The summed E-state index contributed by atoms with van der Waals surface area (Å²) >= 11 is 0. The topological polar surface area (TPSA) is 119 Å². The van der Waals surface area contributed by atoms with Crippen LogP contribution in [0.4, 0.5) is 5.95 Å². The molecular formula is C11H17N5O4S. The maximum atomic E-state index is 11.9. The van der Waals surface area contributed by atoms with Gasteiger partial charge in [-0.3, -0.25) is 13.9 Å². The smallest absolute Gasteiger partial charge is 0.332 e. The van der Waals surface area contributed by atoms with Crippen molar-refractivity contribution in [2.45, 2.75) is 6.92 Å². The molecular weight excluding hydrogens is 298 g/mol. The van der Waals surface area contributed by atoms with Crippen LogP contribution in [0, 0.1) is 0 Å². The summed E-state index contributed by atoms with van der Waals surface area (Å²) in [6, 6.07) is 0. The lowest BCUT2D eigenvalue weighted by molar-refractivity contribution is 0.597. The summed E-state index contributed by atoms with van der Waals surface area (Å²) in [4.78, 5) is 30.6. The Morgan fingerprint density at radius 3 is 2.52 bits per heavy atom. The molecule has 2 aromatic heterocycles. The Hall–Kier alpha value is -2.10. The molecule has 2 rings (SSSR count). The van der Waals surface area contributed by atoms with Gasteiger partial charge in [-0.05, 0) is 0 Å². The Balaban J connectivity index is 2.33. The summed E-state index contributed by atoms with van der Waals surface area (Å²) in [5, 5.41) is 2.81. The summed E-state index contributed by atoms with van der Waals surface area (Å²) in [6.45, 7) is 1.75. The molecule has 2 aromatic rings. The molecule has 9 nitrogen and oxygen atoms in total. The normalized spacial score (nSPS) is 12.0. The number of imidazole rings is 1. The van der Waals surface area contributed by atoms with Crippen molar-refractivity contribution in [3.63, 3.8) is 0 Å². The molecule has 0 saturated carbocycles. The quantitative estimate of drug-likeness (QED) is 0.716. The van der Waals surface area contributed by atoms with Gasteiger partial charge in [0, 0.05) is 26.4 Å². The highest BCUT2D eigenvalue weighted by atomic mass is 32.2. The van der Waals surface area contributed by atoms with E-state index in [9.17, 15) is 18.0 Å². The molecule has 2 N–H and O–H groups in total. The molecule has 116 valence electrons. The molecule has 0 bridgehead atoms. The minimum atomic E-state index is -3.07. The van der Waals surface area contributed by atoms with E-state index in [0.717, 1.165) is 4.57 Å². The first-order chi connectivity index (χ1) is 9.76. The van der Waals surface area contributed by atoms with Crippen molar-refractivity contribution in [1.29, 1.82) is 0 Å². The number of nitrogens with one attached hydrogen (secondary N) is 2. The predicted molar refractivity (Wildman–Crippen MR) is 79.4 cm³/mol. The first-order valence-corrected chi connectivity index (χ1v) is 8.19. The van der Waals surface area contributed by atoms with Crippen LogP contribution in [0.15, 0.2) is 9.59 Å². The minimum Gasteiger partial charge on any atom is -0.355 e. The van der Waals surface area contributed by atoms with Gasteiger partial charge in [0.2, 0.25) is 5.95 Å². The number of aromatic amines is 1. The van der Waals surface area contributed by atoms with Gasteiger partial charge >= 0.3 is 5.69 Å². The number of anilines is 1. The first kappa shape index (κ1) is 15.3. The molecule has 0 aromatic carbocycles. The number of nitrogens with zero attached hydrogens (tertiary/aromatic N) is 3. The second-order valence-corrected chi connectivity index (χ2v) is 7.13. The summed E-state index contributed by atoms with van der Waals surface area (Å²) in [6.07, 6.45) is 0. The summed E-state index contributed by atoms with van der Waals surface area (Å²) in [7, 11) is -0.184. The van der Waals surface area contributed by atoms with E-state index >= 15 is 0 Å². The third-order valence-corrected chi connectivity index (χ3v) is 4.95. The van der Waals surface area contributed by atoms with Crippen LogP contribution in [0.3, 0.4) is 0 Å². The lowest BCUT2D eigenvalue weighted by Crippen LogP contribution is -2.36. The zero-order valence-corrected chi connectivity index (χ0v) is 12.8. The van der Waals surface area contributed by atoms with Crippen LogP contribution in [-0.4, -0.2) is 45.6 Å². The fourth-order valence-corrected chi connectivity index (χ4v) is 2.58. The molecule has 0 aliphatic carbocycles. The Labute approximate surface area is 120 Å². The summed E-state index contributed by atoms with van der Waals surface area (Å²) in [5.41, 5.74) is -0.529. The van der Waals surface area contributed by atoms with E-state index in [-0.39, 0.29) is 35.2 Å². The van der Waals surface area contributed by atoms with Crippen molar-refractivity contribution >= 4 is 26.9 Å². The fraction of sp³-hybridized carbons (Fsp3) is 0.545. The van der Waals surface area contributed by atoms with E-state index in [1.807, 2.05) is 0 Å². The standard InChI is InChI=1S/C11H17N5O4S/c1-4-21(19,20)6-5-12-10-13-7-8(14-10)15(2)11(18)16(3)9(7)17/h4-6H2,1-3H3,(H2,12,13,14). The molecule has 0 aliphatic rings. The number of hydrogen-bond donors (Lipinski definition) is 2. The highest BCUT2D eigenvalue weighted by molar-refractivity contribution is 7.91. The van der Waals surface area contributed by atoms with Crippen molar-refractivity contribution in [2.75, 3.05) is 23.4 Å². The number of H-pyrrole nitrogens is 1. The number of sulfone groups is 1. The fourth-order valence-electron chi connectivity index (χ4n) is 1.88. The highest BCUT2D eigenvalue weighted by Crippen LogP contribution is 2.07. The van der Waals surface area contributed by atoms with E-state index in [1.165, 1.54) is 18.7 Å². The van der Waals surface area contributed by atoms with Crippen molar-refractivity contribution in [2.24, 2.45) is 14.1 Å². The van der Waals surface area contributed by atoms with Crippen LogP contribution in [0.1, 0.15) is 6.92 Å². The monoisotopic (exact) mass is 315 g/mol. The van der Waals surface area contributed by atoms with E-state index in [1.54, 1.807) is 6.92 Å². The maximum Gasteiger partial charge on any atom is 0.332 e. The van der Waals surface area contributed by atoms with E-state index in [2.05, 4.69) is 15.3 Å². The molecule has 2 heterocycles. The van der Waals surface area contributed by atoms with Crippen molar-refractivity contribution < 1.29 is 8.42 Å². The number of aromatic nitrogens is 4. The van der Waals surface area contributed by atoms with E-state index < -0.39 is 21.1 Å². The lowest BCUT2D eigenvalue weighted by atomic mass is 10.5. The van der Waals surface area contributed by atoms with Gasteiger partial charge in [0.15, 0.2) is 21.0 Å². The van der Waals surface area contributed by atoms with Crippen LogP contribution < -0.4 is 16.6 Å². The molecule has 10 heteroatoms. The maximum absolute atomic E-state index is 11.9. The van der Waals surface area contributed by atoms with Crippen molar-refractivity contribution in [3.8, 4) is 0 Å². The number of hydrogen-bond acceptors (Lipinski definition) is 6. The highest BCUT2D eigenvalue weighted by Gasteiger charge is 2.13. The van der Waals surface area contributed by atoms with Gasteiger partial charge in [-0.2, -0.15) is 4.98 Å². The number of rotatable bonds is 5. The van der Waals surface area contributed by atoms with Gasteiger partial charge in [0.05, 0.1) is 5.75 Å². The van der Waals surface area contributed by atoms with Gasteiger partial charge in [-0.25, -0.2) is 13.2 Å². The largest absolute Gasteiger partial charge is 0.355 e. The molecule has 0 unspecified atom stereocenters. The zero-order chi connectivity index (χ0) is 15.8. The van der Waals surface area contributed by atoms with Crippen LogP contribution in [0.2, 0.25) is 0 Å². The number of fused-ring (bicyclic) bond motifs is 1. The average Bonchev–Trinajstić information content (AvgIpc) is 2.87. The van der Waals surface area contributed by atoms with Gasteiger partial charge in [0.25, 0.3) is 5.56 Å². The van der Waals surface area contributed by atoms with Crippen LogP contribution >= 0.6 is 0 Å². The molecule has 0 spiro atoms. The third-order valence-electron chi connectivity index (χ3n) is 3.24. The van der Waals surface area contributed by atoms with Gasteiger partial charge < -0.3 is 10.3 Å².